The van der Waals surface area contributed by atoms with Gasteiger partial charge in [-0.2, -0.15) is 4.58 Å². The number of anilines is 1. The van der Waals surface area contributed by atoms with Gasteiger partial charge in [0.25, 0.3) is 0 Å². The summed E-state index contributed by atoms with van der Waals surface area (Å²) in [6.07, 6.45) is 12.2. The molecule has 2 aromatic rings. The number of Topliss-reactive ketones (excluding diaryl/α,β-unsaturated/α-hetero) is 2. The smallest absolute Gasteiger partial charge is 0.233 e. The molecule has 7 heteroatoms. The number of rotatable bonds is 15. The third kappa shape index (κ3) is 6.95. The van der Waals surface area contributed by atoms with Crippen LogP contribution < -0.4 is 15.1 Å². The number of hydrogen-bond acceptors (Lipinski definition) is 6. The Balaban J connectivity index is 1.59. The molecule has 2 heterocycles. The number of carboxylic acid groups (broad SMARTS) is 1. The maximum absolute atomic E-state index is 14.2. The Bertz CT molecular complexity index is 1770. The summed E-state index contributed by atoms with van der Waals surface area (Å²) in [4.78, 5) is 40.7. The van der Waals surface area contributed by atoms with Gasteiger partial charge in [-0.3, -0.25) is 9.59 Å². The quantitative estimate of drug-likeness (QED) is 0.0962. The molecule has 0 saturated carbocycles. The molecule has 0 fully saturated rings. The van der Waals surface area contributed by atoms with E-state index < -0.39 is 34.1 Å². The predicted octanol–water partition coefficient (Wildman–Crippen LogP) is 6.28. The fraction of sp³-hybridized carbons (Fsp3) is 0.476. The van der Waals surface area contributed by atoms with Crippen LogP contribution in [0.1, 0.15) is 116 Å². The molecule has 5 rings (SSSR count). The SMILES string of the molecule is CCCCCCN1C(=CC2=C([O-])C(=CC3=[N+](CCCCCC)c4ccccc4C3(C)C)C(=O)C2=O)C(C)(C)c2cc(CCC(=O)[O-])ccc21. The van der Waals surface area contributed by atoms with Crippen LogP contribution in [0.3, 0.4) is 0 Å². The minimum absolute atomic E-state index is 0.0707. The number of carbonyl (C=O) groups excluding carboxylic acids is 3. The highest BCUT2D eigenvalue weighted by atomic mass is 16.4. The molecule has 2 aromatic carbocycles. The van der Waals surface area contributed by atoms with Crippen LogP contribution in [0, 0.1) is 0 Å². The number of ketones is 2. The second kappa shape index (κ2) is 14.7. The van der Waals surface area contributed by atoms with Gasteiger partial charge in [-0.05, 0) is 62.8 Å². The summed E-state index contributed by atoms with van der Waals surface area (Å²) in [5, 5.41) is 25.4. The Morgan fingerprint density at radius 2 is 1.53 bits per heavy atom. The number of carboxylic acids is 1. The lowest BCUT2D eigenvalue weighted by Gasteiger charge is -2.28. The summed E-state index contributed by atoms with van der Waals surface area (Å²) in [5.74, 6) is -3.14. The summed E-state index contributed by atoms with van der Waals surface area (Å²) < 4.78 is 2.23. The van der Waals surface area contributed by atoms with E-state index in [2.05, 4.69) is 63.2 Å². The molecule has 2 aliphatic heterocycles. The number of carbonyl (C=O) groups is 3. The molecule has 0 unspecified atom stereocenters. The lowest BCUT2D eigenvalue weighted by atomic mass is 9.81. The maximum Gasteiger partial charge on any atom is 0.233 e. The largest absolute Gasteiger partial charge is 0.871 e. The van der Waals surface area contributed by atoms with Gasteiger partial charge in [0.1, 0.15) is 6.54 Å². The average Bonchev–Trinajstić information content (AvgIpc) is 3.51. The van der Waals surface area contributed by atoms with E-state index in [1.807, 2.05) is 30.3 Å². The van der Waals surface area contributed by atoms with Crippen molar-refractivity contribution < 1.29 is 29.2 Å². The van der Waals surface area contributed by atoms with Crippen LogP contribution in [0.5, 0.6) is 0 Å². The van der Waals surface area contributed by atoms with Crippen molar-refractivity contribution in [3.63, 3.8) is 0 Å². The van der Waals surface area contributed by atoms with Gasteiger partial charge in [-0.1, -0.05) is 95.9 Å². The number of para-hydroxylation sites is 1. The molecule has 0 radical (unpaired) electrons. The predicted molar refractivity (Wildman–Crippen MR) is 191 cm³/mol. The first kappa shape index (κ1) is 36.0. The van der Waals surface area contributed by atoms with E-state index in [1.54, 1.807) is 12.2 Å². The molecule has 0 bridgehead atoms. The molecular formula is C42H51N2O5-. The van der Waals surface area contributed by atoms with Crippen molar-refractivity contribution in [2.75, 3.05) is 18.0 Å². The first-order chi connectivity index (χ1) is 23.3. The van der Waals surface area contributed by atoms with E-state index in [0.29, 0.717) is 13.0 Å². The zero-order chi connectivity index (χ0) is 35.5. The average molecular weight is 664 g/mol. The molecule has 0 saturated heterocycles. The lowest BCUT2D eigenvalue weighted by Crippen LogP contribution is -2.29. The molecule has 260 valence electrons. The van der Waals surface area contributed by atoms with Gasteiger partial charge in [0.15, 0.2) is 5.71 Å². The number of aliphatic carboxylic acids is 1. The van der Waals surface area contributed by atoms with Gasteiger partial charge in [0.05, 0.1) is 5.41 Å². The van der Waals surface area contributed by atoms with Crippen LogP contribution in [-0.4, -0.2) is 40.9 Å². The van der Waals surface area contributed by atoms with E-state index in [0.717, 1.165) is 97.4 Å². The molecular weight excluding hydrogens is 612 g/mol. The van der Waals surface area contributed by atoms with Crippen LogP contribution in [0.4, 0.5) is 11.4 Å². The van der Waals surface area contributed by atoms with E-state index in [-0.39, 0.29) is 17.6 Å². The van der Waals surface area contributed by atoms with Crippen molar-refractivity contribution in [2.24, 2.45) is 0 Å². The number of nitrogens with zero attached hydrogens (tertiary/aromatic N) is 2. The molecule has 0 amide bonds. The molecule has 0 N–H and O–H groups in total. The highest BCUT2D eigenvalue weighted by molar-refractivity contribution is 6.54. The number of benzene rings is 2. The molecule has 0 aromatic heterocycles. The first-order valence-corrected chi connectivity index (χ1v) is 18.1. The van der Waals surface area contributed by atoms with E-state index >= 15 is 0 Å². The zero-order valence-corrected chi connectivity index (χ0v) is 30.1. The normalized spacial score (nSPS) is 19.5. The fourth-order valence-electron chi connectivity index (χ4n) is 7.69. The van der Waals surface area contributed by atoms with Gasteiger partial charge in [-0.25, -0.2) is 0 Å². The van der Waals surface area contributed by atoms with Gasteiger partial charge in [-0.15, -0.1) is 0 Å². The van der Waals surface area contributed by atoms with Crippen LogP contribution in [0.25, 0.3) is 0 Å². The van der Waals surface area contributed by atoms with Gasteiger partial charge in [0.2, 0.25) is 17.3 Å². The molecule has 0 spiro atoms. The van der Waals surface area contributed by atoms with Gasteiger partial charge < -0.3 is 19.9 Å². The zero-order valence-electron chi connectivity index (χ0n) is 30.1. The van der Waals surface area contributed by atoms with Crippen molar-refractivity contribution in [1.29, 1.82) is 0 Å². The second-order valence-corrected chi connectivity index (χ2v) is 14.8. The molecule has 3 aliphatic rings. The first-order valence-electron chi connectivity index (χ1n) is 18.1. The summed E-state index contributed by atoms with van der Waals surface area (Å²) in [6, 6.07) is 14.2. The third-order valence-electron chi connectivity index (χ3n) is 10.6. The number of unbranched alkanes of at least 4 members (excludes halogenated alkanes) is 6. The standard InChI is InChI=1S/C42H52N2O5/c1-7-9-11-15-23-43-33-18-14-13-17-31(33)41(3,4)35(43)26-29-38(47)30(40(49)39(29)48)27-36-42(5,6)32-25-28(20-22-37(45)46)19-21-34(32)44(36)24-16-12-10-8-2/h13-14,17-19,21,25-27H,7-12,15-16,20,22-24H2,1-6H3,(H-,45,46,47,48,49)/p-1. The van der Waals surface area contributed by atoms with Gasteiger partial charge >= 0.3 is 0 Å². The summed E-state index contributed by atoms with van der Waals surface area (Å²) >= 11 is 0. The Morgan fingerprint density at radius 1 is 0.837 bits per heavy atom. The Kier molecular flexibility index (Phi) is 10.8. The van der Waals surface area contributed by atoms with E-state index in [9.17, 15) is 24.6 Å². The highest BCUT2D eigenvalue weighted by Crippen LogP contribution is 2.49. The second-order valence-electron chi connectivity index (χ2n) is 14.8. The lowest BCUT2D eigenvalue weighted by molar-refractivity contribution is -0.438. The van der Waals surface area contributed by atoms with Gasteiger partial charge in [0, 0.05) is 64.6 Å². The monoisotopic (exact) mass is 663 g/mol. The Morgan fingerprint density at radius 3 is 2.22 bits per heavy atom. The van der Waals surface area contributed by atoms with Crippen molar-refractivity contribution in [2.45, 2.75) is 117 Å². The van der Waals surface area contributed by atoms with Crippen molar-refractivity contribution in [3.8, 4) is 0 Å². The van der Waals surface area contributed by atoms with Crippen LogP contribution >= 0.6 is 0 Å². The molecule has 0 atom stereocenters. The van der Waals surface area contributed by atoms with Crippen molar-refractivity contribution in [3.05, 3.63) is 93.9 Å². The Labute approximate surface area is 291 Å². The molecule has 1 aliphatic carbocycles. The fourth-order valence-corrected chi connectivity index (χ4v) is 7.69. The van der Waals surface area contributed by atoms with E-state index in [4.69, 9.17) is 0 Å². The topological polar surface area (TPSA) is 104 Å². The summed E-state index contributed by atoms with van der Waals surface area (Å²) in [7, 11) is 0. The number of allylic oxidation sites excluding steroid dienone is 5. The minimum Gasteiger partial charge on any atom is -0.871 e. The van der Waals surface area contributed by atoms with Crippen molar-refractivity contribution >= 4 is 34.6 Å². The number of aryl methyl sites for hydroxylation is 1. The molecule has 49 heavy (non-hydrogen) atoms. The summed E-state index contributed by atoms with van der Waals surface area (Å²) in [6.45, 7) is 14.1. The number of fused-ring (bicyclic) bond motifs is 2. The van der Waals surface area contributed by atoms with Crippen molar-refractivity contribution in [1.82, 2.24) is 0 Å². The minimum atomic E-state index is -1.09. The maximum atomic E-state index is 14.2. The highest BCUT2D eigenvalue weighted by Gasteiger charge is 2.46. The van der Waals surface area contributed by atoms with Crippen LogP contribution in [0.15, 0.2) is 77.2 Å². The summed E-state index contributed by atoms with van der Waals surface area (Å²) in [5.41, 5.74) is 5.52. The van der Waals surface area contributed by atoms with Crippen LogP contribution in [-0.2, 0) is 31.6 Å². The number of hydrogen-bond donors (Lipinski definition) is 0. The third-order valence-corrected chi connectivity index (χ3v) is 10.6. The van der Waals surface area contributed by atoms with Crippen LogP contribution in [0.2, 0.25) is 0 Å². The Hall–Kier alpha value is -4.26. The van der Waals surface area contributed by atoms with E-state index in [1.165, 1.54) is 0 Å². The molecule has 7 nitrogen and oxygen atoms in total.